The molecule has 0 unspecified atom stereocenters. The predicted molar refractivity (Wildman–Crippen MR) is 111 cm³/mol. The van der Waals surface area contributed by atoms with E-state index in [0.717, 1.165) is 23.9 Å². The number of alkyl halides is 3. The van der Waals surface area contributed by atoms with Gasteiger partial charge >= 0.3 is 6.18 Å². The SMILES string of the molecule is Cn1c(CC(=O)Nc2cccc(C(F)(F)F)c2)nnc1SCC(=O)c1ccc(C#N)cc1. The third-order valence-electron chi connectivity index (χ3n) is 4.39. The van der Waals surface area contributed by atoms with E-state index >= 15 is 0 Å². The van der Waals surface area contributed by atoms with E-state index in [-0.39, 0.29) is 23.6 Å². The maximum Gasteiger partial charge on any atom is 0.416 e. The van der Waals surface area contributed by atoms with Crippen molar-refractivity contribution in [2.45, 2.75) is 17.8 Å². The predicted octanol–water partition coefficient (Wildman–Crippen LogP) is 3.86. The number of anilines is 1. The zero-order valence-electron chi connectivity index (χ0n) is 16.7. The van der Waals surface area contributed by atoms with Crippen LogP contribution in [0.25, 0.3) is 0 Å². The molecule has 0 atom stereocenters. The van der Waals surface area contributed by atoms with Gasteiger partial charge in [0.05, 0.1) is 29.4 Å². The lowest BCUT2D eigenvalue weighted by molar-refractivity contribution is -0.137. The number of nitrogens with one attached hydrogen (secondary N) is 1. The van der Waals surface area contributed by atoms with Crippen molar-refractivity contribution < 1.29 is 22.8 Å². The minimum absolute atomic E-state index is 0.0228. The summed E-state index contributed by atoms with van der Waals surface area (Å²) in [6.07, 6.45) is -4.71. The molecule has 0 saturated heterocycles. The second-order valence-corrected chi connectivity index (χ2v) is 7.60. The van der Waals surface area contributed by atoms with Crippen molar-refractivity contribution in [2.75, 3.05) is 11.1 Å². The van der Waals surface area contributed by atoms with Crippen LogP contribution in [0.3, 0.4) is 0 Å². The number of benzene rings is 2. The molecule has 1 aromatic heterocycles. The van der Waals surface area contributed by atoms with Crippen LogP contribution >= 0.6 is 11.8 Å². The van der Waals surface area contributed by atoms with Crippen LogP contribution in [0.15, 0.2) is 53.7 Å². The topological polar surface area (TPSA) is 101 Å². The van der Waals surface area contributed by atoms with Gasteiger partial charge in [0.2, 0.25) is 5.91 Å². The van der Waals surface area contributed by atoms with Gasteiger partial charge in [-0.25, -0.2) is 0 Å². The van der Waals surface area contributed by atoms with Crippen LogP contribution in [0.1, 0.15) is 27.3 Å². The Bertz CT molecular complexity index is 1180. The molecule has 3 aromatic rings. The first-order valence-electron chi connectivity index (χ1n) is 9.19. The number of carbonyl (C=O) groups is 2. The molecule has 0 saturated carbocycles. The van der Waals surface area contributed by atoms with Gasteiger partial charge in [-0.3, -0.25) is 9.59 Å². The van der Waals surface area contributed by atoms with Crippen LogP contribution in [0.5, 0.6) is 0 Å². The Kier molecular flexibility index (Phi) is 6.95. The molecule has 3 rings (SSSR count). The van der Waals surface area contributed by atoms with Crippen molar-refractivity contribution in [3.8, 4) is 6.07 Å². The molecular weight excluding hydrogens is 443 g/mol. The normalized spacial score (nSPS) is 11.1. The quantitative estimate of drug-likeness (QED) is 0.425. The van der Waals surface area contributed by atoms with Gasteiger partial charge < -0.3 is 9.88 Å². The van der Waals surface area contributed by atoms with Gasteiger partial charge in [-0.15, -0.1) is 10.2 Å². The maximum absolute atomic E-state index is 12.8. The number of hydrogen-bond acceptors (Lipinski definition) is 6. The maximum atomic E-state index is 12.8. The van der Waals surface area contributed by atoms with Crippen LogP contribution < -0.4 is 5.32 Å². The minimum atomic E-state index is -4.51. The summed E-state index contributed by atoms with van der Waals surface area (Å²) < 4.78 is 40.0. The summed E-state index contributed by atoms with van der Waals surface area (Å²) in [5.74, 6) is -0.340. The fraction of sp³-hybridized carbons (Fsp3) is 0.190. The Balaban J connectivity index is 1.59. The highest BCUT2D eigenvalue weighted by Gasteiger charge is 2.30. The van der Waals surface area contributed by atoms with E-state index in [2.05, 4.69) is 15.5 Å². The molecule has 2 aromatic carbocycles. The number of halogens is 3. The molecule has 7 nitrogen and oxygen atoms in total. The fourth-order valence-corrected chi connectivity index (χ4v) is 3.52. The van der Waals surface area contributed by atoms with E-state index in [1.54, 1.807) is 35.9 Å². The number of ketones is 1. The number of aromatic nitrogens is 3. The number of hydrogen-bond donors (Lipinski definition) is 1. The van der Waals surface area contributed by atoms with Crippen LogP contribution in [-0.4, -0.2) is 32.2 Å². The van der Waals surface area contributed by atoms with Crippen molar-refractivity contribution in [1.29, 1.82) is 5.26 Å². The summed E-state index contributed by atoms with van der Waals surface area (Å²) in [7, 11) is 1.63. The van der Waals surface area contributed by atoms with Crippen molar-refractivity contribution in [2.24, 2.45) is 7.05 Å². The average Bonchev–Trinajstić information content (AvgIpc) is 3.10. The second-order valence-electron chi connectivity index (χ2n) is 6.66. The highest BCUT2D eigenvalue weighted by Crippen LogP contribution is 2.30. The van der Waals surface area contributed by atoms with Gasteiger partial charge in [-0.1, -0.05) is 30.0 Å². The van der Waals surface area contributed by atoms with E-state index in [4.69, 9.17) is 5.26 Å². The molecule has 1 heterocycles. The van der Waals surface area contributed by atoms with Crippen LogP contribution in [0, 0.1) is 11.3 Å². The molecule has 0 aliphatic rings. The molecule has 0 fully saturated rings. The fourth-order valence-electron chi connectivity index (χ4n) is 2.69. The lowest BCUT2D eigenvalue weighted by Crippen LogP contribution is -2.17. The Morgan fingerprint density at radius 1 is 1.16 bits per heavy atom. The van der Waals surface area contributed by atoms with Crippen molar-refractivity contribution >= 4 is 29.1 Å². The molecular formula is C21H16F3N5O2S. The number of amides is 1. The molecule has 0 radical (unpaired) electrons. The summed E-state index contributed by atoms with van der Waals surface area (Å²) in [5, 5.41) is 19.5. The molecule has 1 N–H and O–H groups in total. The standard InChI is InChI=1S/C21H16F3N5O2S/c1-29-18(10-19(31)26-16-4-2-3-15(9-16)21(22,23)24)27-28-20(29)32-12-17(30)14-7-5-13(11-25)6-8-14/h2-9H,10,12H2,1H3,(H,26,31). The van der Waals surface area contributed by atoms with Gasteiger partial charge in [0.25, 0.3) is 0 Å². The first kappa shape index (κ1) is 23.0. The van der Waals surface area contributed by atoms with Crippen LogP contribution in [0.4, 0.5) is 18.9 Å². The summed E-state index contributed by atoms with van der Waals surface area (Å²) in [6, 6.07) is 12.6. The smallest absolute Gasteiger partial charge is 0.326 e. The van der Waals surface area contributed by atoms with Gasteiger partial charge in [-0.2, -0.15) is 18.4 Å². The zero-order chi connectivity index (χ0) is 23.3. The Labute approximate surface area is 185 Å². The summed E-state index contributed by atoms with van der Waals surface area (Å²) in [6.45, 7) is 0. The lowest BCUT2D eigenvalue weighted by Gasteiger charge is -2.10. The number of rotatable bonds is 7. The number of nitriles is 1. The van der Waals surface area contributed by atoms with Gasteiger partial charge in [0.15, 0.2) is 10.9 Å². The molecule has 0 aliphatic heterocycles. The summed E-state index contributed by atoms with van der Waals surface area (Å²) in [5.41, 5.74) is 0.0732. The van der Waals surface area contributed by atoms with Crippen molar-refractivity contribution in [3.63, 3.8) is 0 Å². The first-order valence-corrected chi connectivity index (χ1v) is 10.2. The molecule has 0 spiro atoms. The average molecular weight is 459 g/mol. The van der Waals surface area contributed by atoms with Gasteiger partial charge in [-0.05, 0) is 30.3 Å². The van der Waals surface area contributed by atoms with Crippen molar-refractivity contribution in [3.05, 3.63) is 71.0 Å². The second kappa shape index (κ2) is 9.65. The monoisotopic (exact) mass is 459 g/mol. The Morgan fingerprint density at radius 3 is 2.53 bits per heavy atom. The highest BCUT2D eigenvalue weighted by atomic mass is 32.2. The van der Waals surface area contributed by atoms with E-state index in [1.807, 2.05) is 6.07 Å². The molecule has 32 heavy (non-hydrogen) atoms. The highest BCUT2D eigenvalue weighted by molar-refractivity contribution is 7.99. The zero-order valence-corrected chi connectivity index (χ0v) is 17.5. The van der Waals surface area contributed by atoms with Crippen LogP contribution in [0.2, 0.25) is 0 Å². The minimum Gasteiger partial charge on any atom is -0.326 e. The first-order chi connectivity index (χ1) is 15.2. The molecule has 11 heteroatoms. The molecule has 164 valence electrons. The van der Waals surface area contributed by atoms with E-state index < -0.39 is 17.6 Å². The number of nitrogens with zero attached hydrogens (tertiary/aromatic N) is 4. The van der Waals surface area contributed by atoms with Crippen molar-refractivity contribution in [1.82, 2.24) is 14.8 Å². The van der Waals surface area contributed by atoms with E-state index in [0.29, 0.717) is 22.1 Å². The third-order valence-corrected chi connectivity index (χ3v) is 5.41. The number of Topliss-reactive ketones (excluding diaryl/α,β-unsaturated/α-hetero) is 1. The lowest BCUT2D eigenvalue weighted by atomic mass is 10.1. The number of thioether (sulfide) groups is 1. The number of carbonyl (C=O) groups excluding carboxylic acids is 2. The largest absolute Gasteiger partial charge is 0.416 e. The molecule has 1 amide bonds. The van der Waals surface area contributed by atoms with E-state index in [1.165, 1.54) is 12.1 Å². The Morgan fingerprint density at radius 2 is 1.88 bits per heavy atom. The van der Waals surface area contributed by atoms with Gasteiger partial charge in [0.1, 0.15) is 5.82 Å². The third kappa shape index (κ3) is 5.73. The molecule has 0 bridgehead atoms. The van der Waals surface area contributed by atoms with Crippen LogP contribution in [-0.2, 0) is 24.4 Å². The molecule has 0 aliphatic carbocycles. The summed E-state index contributed by atoms with van der Waals surface area (Å²) in [4.78, 5) is 24.6. The van der Waals surface area contributed by atoms with Gasteiger partial charge in [0, 0.05) is 18.3 Å². The summed E-state index contributed by atoms with van der Waals surface area (Å²) >= 11 is 1.13. The Hall–Kier alpha value is -3.65. The van der Waals surface area contributed by atoms with E-state index in [9.17, 15) is 22.8 Å².